The number of methoxy groups -OCH3 is 1. The predicted molar refractivity (Wildman–Crippen MR) is 149 cm³/mol. The average molecular weight is 552 g/mol. The van der Waals surface area contributed by atoms with E-state index in [-0.39, 0.29) is 23.5 Å². The van der Waals surface area contributed by atoms with Gasteiger partial charge in [0.2, 0.25) is 10.7 Å². The molecule has 9 heteroatoms. The maximum absolute atomic E-state index is 12.0. The van der Waals surface area contributed by atoms with Crippen LogP contribution in [0.5, 0.6) is 23.0 Å². The first kappa shape index (κ1) is 24.2. The minimum atomic E-state index is -0.912. The Kier molecular flexibility index (Phi) is 4.70. The van der Waals surface area contributed by atoms with Crippen molar-refractivity contribution in [2.24, 2.45) is 5.92 Å². The number of epoxide rings is 1. The SMILES string of the molecule is CCS[C@@]12Oc3c(c(C)cc4c(O)c5cc6c(c(OC)c5c(O)c34)NCCC6)C3OC(C(C)C)(OC31)C21CO1. The lowest BCUT2D eigenvalue weighted by Gasteiger charge is -2.50. The first-order valence-corrected chi connectivity index (χ1v) is 14.8. The lowest BCUT2D eigenvalue weighted by molar-refractivity contribution is -0.235. The maximum atomic E-state index is 12.0. The third-order valence-electron chi connectivity index (χ3n) is 9.47. The number of phenols is 2. The quantitative estimate of drug-likeness (QED) is 0.220. The molecule has 4 unspecified atom stereocenters. The van der Waals surface area contributed by atoms with Crippen molar-refractivity contribution >= 4 is 39.0 Å². The summed E-state index contributed by atoms with van der Waals surface area (Å²) in [6.07, 6.45) is 1.11. The molecule has 1 spiro atoms. The van der Waals surface area contributed by atoms with Crippen LogP contribution in [0.2, 0.25) is 0 Å². The molecule has 3 fully saturated rings. The largest absolute Gasteiger partial charge is 0.507 e. The monoisotopic (exact) mass is 551 g/mol. The van der Waals surface area contributed by atoms with E-state index in [4.69, 9.17) is 23.7 Å². The lowest BCUT2D eigenvalue weighted by atomic mass is 9.78. The van der Waals surface area contributed by atoms with Gasteiger partial charge in [-0.25, -0.2) is 0 Å². The smallest absolute Gasteiger partial charge is 0.220 e. The molecule has 39 heavy (non-hydrogen) atoms. The number of ether oxygens (including phenoxy) is 5. The number of anilines is 1. The van der Waals surface area contributed by atoms with Crippen LogP contribution in [0.1, 0.15) is 50.0 Å². The van der Waals surface area contributed by atoms with E-state index in [2.05, 4.69) is 26.1 Å². The van der Waals surface area contributed by atoms with Crippen LogP contribution in [-0.2, 0) is 20.6 Å². The highest BCUT2D eigenvalue weighted by molar-refractivity contribution is 8.00. The molecule has 5 heterocycles. The fourth-order valence-electron chi connectivity index (χ4n) is 7.80. The van der Waals surface area contributed by atoms with Gasteiger partial charge in [-0.3, -0.25) is 0 Å². The van der Waals surface area contributed by atoms with Gasteiger partial charge in [0.15, 0.2) is 11.4 Å². The van der Waals surface area contributed by atoms with Gasteiger partial charge in [0, 0.05) is 28.8 Å². The molecule has 8 nitrogen and oxygen atoms in total. The van der Waals surface area contributed by atoms with E-state index >= 15 is 0 Å². The van der Waals surface area contributed by atoms with Crippen LogP contribution in [-0.4, -0.2) is 58.7 Å². The normalized spacial score (nSPS) is 33.4. The van der Waals surface area contributed by atoms with Crippen molar-refractivity contribution < 1.29 is 33.9 Å². The summed E-state index contributed by atoms with van der Waals surface area (Å²) < 4.78 is 32.8. The molecule has 8 rings (SSSR count). The summed E-state index contributed by atoms with van der Waals surface area (Å²) in [7, 11) is 1.60. The minimum Gasteiger partial charge on any atom is -0.507 e. The second-order valence-corrected chi connectivity index (χ2v) is 13.1. The zero-order valence-corrected chi connectivity index (χ0v) is 23.6. The van der Waals surface area contributed by atoms with Gasteiger partial charge in [-0.15, -0.1) is 11.8 Å². The number of nitrogens with one attached hydrogen (secondary N) is 1. The Bertz CT molecular complexity index is 1600. The summed E-state index contributed by atoms with van der Waals surface area (Å²) >= 11 is 1.68. The van der Waals surface area contributed by atoms with Crippen molar-refractivity contribution in [3.63, 3.8) is 0 Å². The van der Waals surface area contributed by atoms with Crippen molar-refractivity contribution in [1.82, 2.24) is 0 Å². The van der Waals surface area contributed by atoms with Crippen molar-refractivity contribution in [2.75, 3.05) is 31.3 Å². The third-order valence-corrected chi connectivity index (χ3v) is 10.8. The van der Waals surface area contributed by atoms with Gasteiger partial charge in [0.1, 0.15) is 29.5 Å². The third kappa shape index (κ3) is 2.55. The molecule has 3 aromatic carbocycles. The van der Waals surface area contributed by atoms with Gasteiger partial charge in [-0.1, -0.05) is 20.8 Å². The molecule has 0 aromatic heterocycles. The number of hydrogen-bond donors (Lipinski definition) is 3. The first-order valence-electron chi connectivity index (χ1n) is 13.9. The van der Waals surface area contributed by atoms with Crippen LogP contribution >= 0.6 is 11.8 Å². The number of benzene rings is 3. The molecule has 0 amide bonds. The van der Waals surface area contributed by atoms with E-state index in [0.29, 0.717) is 39.7 Å². The number of rotatable bonds is 4. The Morgan fingerprint density at radius 1 is 1.15 bits per heavy atom. The van der Waals surface area contributed by atoms with Crippen molar-refractivity contribution in [1.29, 1.82) is 0 Å². The van der Waals surface area contributed by atoms with Crippen molar-refractivity contribution in [2.45, 2.75) is 69.1 Å². The fourth-order valence-corrected chi connectivity index (χ4v) is 9.20. The molecule has 3 saturated heterocycles. The number of aromatic hydroxyl groups is 2. The molecule has 0 radical (unpaired) electrons. The van der Waals surface area contributed by atoms with Crippen LogP contribution in [0, 0.1) is 12.8 Å². The van der Waals surface area contributed by atoms with Gasteiger partial charge in [0.05, 0.1) is 30.2 Å². The van der Waals surface area contributed by atoms with E-state index < -0.39 is 22.4 Å². The molecular weight excluding hydrogens is 518 g/mol. The summed E-state index contributed by atoms with van der Waals surface area (Å²) in [5.74, 6) is 1.10. The highest BCUT2D eigenvalue weighted by Crippen LogP contribution is 2.74. The zero-order chi connectivity index (χ0) is 27.1. The predicted octanol–water partition coefficient (Wildman–Crippen LogP) is 5.51. The van der Waals surface area contributed by atoms with Crippen LogP contribution in [0.25, 0.3) is 21.5 Å². The average Bonchev–Trinajstić information content (AvgIpc) is 3.58. The van der Waals surface area contributed by atoms with Gasteiger partial charge < -0.3 is 39.2 Å². The molecule has 5 aliphatic heterocycles. The van der Waals surface area contributed by atoms with E-state index in [1.54, 1.807) is 18.9 Å². The van der Waals surface area contributed by atoms with Gasteiger partial charge in [0.25, 0.3) is 0 Å². The second-order valence-electron chi connectivity index (χ2n) is 11.7. The Hall–Kier alpha value is -2.59. The highest BCUT2D eigenvalue weighted by atomic mass is 32.2. The molecule has 0 saturated carbocycles. The minimum absolute atomic E-state index is 0.0234. The Morgan fingerprint density at radius 3 is 2.62 bits per heavy atom. The number of aryl methyl sites for hydroxylation is 2. The number of phenolic OH excluding ortho intramolecular Hbond substituents is 2. The highest BCUT2D eigenvalue weighted by Gasteiger charge is 2.90. The van der Waals surface area contributed by atoms with Gasteiger partial charge in [-0.2, -0.15) is 0 Å². The first-order chi connectivity index (χ1) is 18.7. The topological polar surface area (TPSA) is 102 Å². The van der Waals surface area contributed by atoms with E-state index in [0.717, 1.165) is 47.5 Å². The zero-order valence-electron chi connectivity index (χ0n) is 22.8. The van der Waals surface area contributed by atoms with Crippen LogP contribution < -0.4 is 14.8 Å². The maximum Gasteiger partial charge on any atom is 0.220 e. The Morgan fingerprint density at radius 2 is 1.92 bits per heavy atom. The number of thioether (sulfide) groups is 1. The molecule has 2 bridgehead atoms. The molecule has 5 aliphatic rings. The summed E-state index contributed by atoms with van der Waals surface area (Å²) in [5.41, 5.74) is 2.94. The van der Waals surface area contributed by atoms with E-state index in [1.807, 2.05) is 19.1 Å². The number of hydrogen-bond acceptors (Lipinski definition) is 9. The van der Waals surface area contributed by atoms with Crippen molar-refractivity contribution in [3.05, 3.63) is 28.8 Å². The standard InChI is InChI=1S/C30H33NO7S/c1-6-39-30-27-26(36-29(38-27,13(2)3)28(30)12-35-28)18-14(4)10-16-19(24(18)37-30)23(33)20-17(22(16)32)11-15-8-7-9-31-21(15)25(20)34-5/h10-11,13,26-27,31-33H,6-9,12H2,1-5H3/t26?,27?,28?,29?,30-/m0/s1. The molecule has 3 N–H and O–H groups in total. The second kappa shape index (κ2) is 7.57. The fraction of sp³-hybridized carbons (Fsp3) is 0.533. The Labute approximate surface area is 230 Å². The summed E-state index contributed by atoms with van der Waals surface area (Å²) in [6, 6.07) is 3.90. The van der Waals surface area contributed by atoms with Crippen LogP contribution in [0.15, 0.2) is 12.1 Å². The Balaban J connectivity index is 1.47. The van der Waals surface area contributed by atoms with Crippen LogP contribution in [0.4, 0.5) is 5.69 Å². The van der Waals surface area contributed by atoms with Gasteiger partial charge >= 0.3 is 0 Å². The molecule has 5 atom stereocenters. The van der Waals surface area contributed by atoms with Gasteiger partial charge in [-0.05, 0) is 48.8 Å². The molecule has 0 aliphatic carbocycles. The summed E-state index contributed by atoms with van der Waals surface area (Å²) in [5, 5.41) is 29.2. The van der Waals surface area contributed by atoms with E-state index in [1.165, 1.54) is 0 Å². The molecule has 3 aromatic rings. The summed E-state index contributed by atoms with van der Waals surface area (Å²) in [4.78, 5) is -0.846. The lowest BCUT2D eigenvalue weighted by Crippen LogP contribution is -2.65. The van der Waals surface area contributed by atoms with E-state index in [9.17, 15) is 10.2 Å². The summed E-state index contributed by atoms with van der Waals surface area (Å²) in [6.45, 7) is 9.60. The number of fused-ring (bicyclic) bond motifs is 9. The van der Waals surface area contributed by atoms with Crippen molar-refractivity contribution in [3.8, 4) is 23.0 Å². The molecule has 206 valence electrons. The molecular formula is C30H33NO7S. The van der Waals surface area contributed by atoms with Crippen LogP contribution in [0.3, 0.4) is 0 Å².